The zero-order valence-corrected chi connectivity index (χ0v) is 29.6. The topological polar surface area (TPSA) is 105 Å². The minimum atomic E-state index is -0.508. The van der Waals surface area contributed by atoms with Gasteiger partial charge in [-0.1, -0.05) is 42.3 Å². The number of nitrogens with zero attached hydrogens (tertiary/aromatic N) is 4. The maximum atomic E-state index is 14.2. The van der Waals surface area contributed by atoms with Crippen molar-refractivity contribution in [2.75, 3.05) is 50.9 Å². The van der Waals surface area contributed by atoms with Crippen molar-refractivity contribution in [2.24, 2.45) is 5.92 Å². The molecular weight excluding hydrogens is 687 g/mol. The highest BCUT2D eigenvalue weighted by atomic mass is 35.5. The molecule has 12 heteroatoms. The smallest absolute Gasteiger partial charge is 0.270 e. The van der Waals surface area contributed by atoms with Crippen molar-refractivity contribution in [1.82, 2.24) is 9.80 Å². The van der Waals surface area contributed by atoms with E-state index in [-0.39, 0.29) is 41.6 Å². The molecule has 52 heavy (non-hydrogen) atoms. The fourth-order valence-corrected chi connectivity index (χ4v) is 7.21. The normalized spacial score (nSPS) is 17.7. The number of rotatable bonds is 13. The van der Waals surface area contributed by atoms with Gasteiger partial charge in [0.2, 0.25) is 0 Å². The van der Waals surface area contributed by atoms with Crippen LogP contribution in [0.1, 0.15) is 52.0 Å². The van der Waals surface area contributed by atoms with Gasteiger partial charge in [0.05, 0.1) is 18.1 Å². The molecule has 1 aliphatic carbocycles. The zero-order valence-electron chi connectivity index (χ0n) is 28.9. The summed E-state index contributed by atoms with van der Waals surface area (Å²) in [4.78, 5) is 45.1. The van der Waals surface area contributed by atoms with Gasteiger partial charge in [0.1, 0.15) is 18.2 Å². The summed E-state index contributed by atoms with van der Waals surface area (Å²) in [5, 5.41) is 12.1. The first-order valence-corrected chi connectivity index (χ1v) is 18.0. The van der Waals surface area contributed by atoms with Gasteiger partial charge in [-0.3, -0.25) is 24.6 Å². The fourth-order valence-electron chi connectivity index (χ4n) is 7.00. The average molecular weight is 729 g/mol. The number of amides is 2. The van der Waals surface area contributed by atoms with Gasteiger partial charge in [-0.15, -0.1) is 0 Å². The molecule has 0 bridgehead atoms. The number of ether oxygens (including phenoxy) is 2. The second-order valence-corrected chi connectivity index (χ2v) is 13.7. The lowest BCUT2D eigenvalue weighted by Crippen LogP contribution is -2.45. The lowest BCUT2D eigenvalue weighted by Gasteiger charge is -2.39. The maximum Gasteiger partial charge on any atom is 0.270 e. The number of benzene rings is 4. The summed E-state index contributed by atoms with van der Waals surface area (Å²) in [5.74, 6) is -0.359. The van der Waals surface area contributed by atoms with Crippen LogP contribution in [0.25, 0.3) is 0 Å². The highest BCUT2D eigenvalue weighted by Crippen LogP contribution is 2.33. The van der Waals surface area contributed by atoms with Crippen LogP contribution in [-0.4, -0.2) is 78.6 Å². The van der Waals surface area contributed by atoms with Crippen LogP contribution < -0.4 is 9.64 Å². The zero-order chi connectivity index (χ0) is 36.5. The Morgan fingerprint density at radius 3 is 2.46 bits per heavy atom. The molecule has 2 aliphatic rings. The van der Waals surface area contributed by atoms with Gasteiger partial charge < -0.3 is 19.3 Å². The first-order chi connectivity index (χ1) is 25.2. The number of hydrogen-bond acceptors (Lipinski definition) is 7. The first-order valence-electron chi connectivity index (χ1n) is 17.6. The molecule has 2 unspecified atom stereocenters. The molecule has 0 N–H and O–H groups in total. The fraction of sp³-hybridized carbons (Fsp3) is 0.350. The molecule has 6 rings (SSSR count). The van der Waals surface area contributed by atoms with Crippen molar-refractivity contribution >= 4 is 34.8 Å². The van der Waals surface area contributed by atoms with E-state index in [0.29, 0.717) is 54.8 Å². The molecule has 10 nitrogen and oxygen atoms in total. The number of morpholine rings is 1. The number of hydrogen-bond donors (Lipinski definition) is 0. The van der Waals surface area contributed by atoms with Crippen molar-refractivity contribution in [3.05, 3.63) is 135 Å². The van der Waals surface area contributed by atoms with E-state index in [2.05, 4.69) is 4.90 Å². The molecule has 1 saturated carbocycles. The minimum Gasteiger partial charge on any atom is -0.492 e. The maximum absolute atomic E-state index is 14.2. The van der Waals surface area contributed by atoms with Crippen LogP contribution in [0.4, 0.5) is 15.8 Å². The van der Waals surface area contributed by atoms with Crippen LogP contribution in [0.15, 0.2) is 97.1 Å². The molecule has 272 valence electrons. The molecule has 1 heterocycles. The quantitative estimate of drug-likeness (QED) is 0.103. The Labute approximate surface area is 307 Å². The van der Waals surface area contributed by atoms with Crippen molar-refractivity contribution < 1.29 is 28.4 Å². The van der Waals surface area contributed by atoms with Gasteiger partial charge in [-0.05, 0) is 85.3 Å². The van der Waals surface area contributed by atoms with E-state index in [0.717, 1.165) is 44.5 Å². The van der Waals surface area contributed by atoms with Crippen LogP contribution in [0.3, 0.4) is 0 Å². The van der Waals surface area contributed by atoms with E-state index >= 15 is 0 Å². The van der Waals surface area contributed by atoms with Crippen molar-refractivity contribution in [2.45, 2.75) is 38.3 Å². The number of non-ortho nitro benzene ring substituents is 1. The molecule has 1 saturated heterocycles. The molecule has 2 fully saturated rings. The molecule has 0 radical (unpaired) electrons. The number of carbonyl (C=O) groups is 2. The molecule has 1 aliphatic heterocycles. The predicted molar refractivity (Wildman–Crippen MR) is 197 cm³/mol. The highest BCUT2D eigenvalue weighted by molar-refractivity contribution is 6.30. The van der Waals surface area contributed by atoms with Crippen molar-refractivity contribution in [3.8, 4) is 5.75 Å². The standard InChI is InChI=1S/C40H42ClFN4O6/c41-33-8-1-5-29(23-33)27-44(40(48)32-7-3-11-37(25-32)46(49)50)35-9-2-6-30(24-35)28-45(39(47)31-13-15-34(42)16-14-31)36-10-4-12-38(26-36)52-22-19-43-17-20-51-21-18-43/h1,3-5,7-8,10-16,23,25-26,30,35H,2,6,9,17-22,24,27-28H2. The molecule has 2 amide bonds. The minimum absolute atomic E-state index is 0.00816. The van der Waals surface area contributed by atoms with E-state index in [4.69, 9.17) is 21.1 Å². The lowest BCUT2D eigenvalue weighted by molar-refractivity contribution is -0.384. The summed E-state index contributed by atoms with van der Waals surface area (Å²) in [6.07, 6.45) is 2.97. The number of carbonyl (C=O) groups excluding carboxylic acids is 2. The molecule has 0 spiro atoms. The van der Waals surface area contributed by atoms with Crippen LogP contribution in [0.2, 0.25) is 5.02 Å². The Morgan fingerprint density at radius 2 is 1.69 bits per heavy atom. The second kappa shape index (κ2) is 17.6. The van der Waals surface area contributed by atoms with E-state index in [1.807, 2.05) is 42.5 Å². The number of nitro groups is 1. The molecule has 2 atom stereocenters. The average Bonchev–Trinajstić information content (AvgIpc) is 3.16. The SMILES string of the molecule is O=C(c1ccc(F)cc1)N(CC1CCCC(N(Cc2cccc(Cl)c2)C(=O)c2cccc([N+](=O)[O-])c2)C1)c1cccc(OCCN2CCOCC2)c1. The van der Waals surface area contributed by atoms with Crippen molar-refractivity contribution in [3.63, 3.8) is 0 Å². The largest absolute Gasteiger partial charge is 0.492 e. The summed E-state index contributed by atoms with van der Waals surface area (Å²) in [5.41, 5.74) is 1.93. The monoisotopic (exact) mass is 728 g/mol. The first kappa shape index (κ1) is 36.9. The second-order valence-electron chi connectivity index (χ2n) is 13.3. The van der Waals surface area contributed by atoms with Gasteiger partial charge in [0.25, 0.3) is 17.5 Å². The third-order valence-electron chi connectivity index (χ3n) is 9.69. The Bertz CT molecular complexity index is 1850. The summed E-state index contributed by atoms with van der Waals surface area (Å²) < 4.78 is 25.4. The predicted octanol–water partition coefficient (Wildman–Crippen LogP) is 7.65. The number of anilines is 1. The van der Waals surface area contributed by atoms with Crippen LogP contribution in [0, 0.1) is 21.8 Å². The Hall–Kier alpha value is -4.84. The summed E-state index contributed by atoms with van der Waals surface area (Å²) in [7, 11) is 0. The lowest BCUT2D eigenvalue weighted by atomic mass is 9.84. The van der Waals surface area contributed by atoms with E-state index in [1.54, 1.807) is 21.9 Å². The Morgan fingerprint density at radius 1 is 0.923 bits per heavy atom. The van der Waals surface area contributed by atoms with Crippen LogP contribution in [0.5, 0.6) is 5.75 Å². The van der Waals surface area contributed by atoms with Crippen LogP contribution >= 0.6 is 11.6 Å². The van der Waals surface area contributed by atoms with Gasteiger partial charge in [0.15, 0.2) is 0 Å². The van der Waals surface area contributed by atoms with Gasteiger partial charge in [0, 0.05) is 78.8 Å². The Kier molecular flexibility index (Phi) is 12.5. The van der Waals surface area contributed by atoms with E-state index < -0.39 is 10.7 Å². The van der Waals surface area contributed by atoms with Crippen molar-refractivity contribution in [1.29, 1.82) is 0 Å². The third-order valence-corrected chi connectivity index (χ3v) is 9.92. The highest BCUT2D eigenvalue weighted by Gasteiger charge is 2.33. The van der Waals surface area contributed by atoms with E-state index in [9.17, 15) is 24.1 Å². The summed E-state index contributed by atoms with van der Waals surface area (Å²) in [6.45, 7) is 5.01. The third kappa shape index (κ3) is 9.73. The van der Waals surface area contributed by atoms with Crippen LogP contribution in [-0.2, 0) is 11.3 Å². The van der Waals surface area contributed by atoms with Gasteiger partial charge in [-0.2, -0.15) is 0 Å². The van der Waals surface area contributed by atoms with Gasteiger partial charge >= 0.3 is 0 Å². The summed E-state index contributed by atoms with van der Waals surface area (Å²) >= 11 is 6.32. The van der Waals surface area contributed by atoms with Gasteiger partial charge in [-0.25, -0.2) is 4.39 Å². The molecule has 4 aromatic rings. The number of nitro benzene ring substituents is 1. The summed E-state index contributed by atoms with van der Waals surface area (Å²) in [6, 6.07) is 25.9. The molecule has 4 aromatic carbocycles. The Balaban J connectivity index is 1.24. The van der Waals surface area contributed by atoms with E-state index in [1.165, 1.54) is 42.5 Å². The molecule has 0 aromatic heterocycles. The molecular formula is C40H42ClFN4O6. The number of halogens is 2.